The van der Waals surface area contributed by atoms with Crippen molar-refractivity contribution in [3.8, 4) is 0 Å². The van der Waals surface area contributed by atoms with E-state index in [0.29, 0.717) is 30.8 Å². The average Bonchev–Trinajstić information content (AvgIpc) is 3.09. The molecule has 0 bridgehead atoms. The summed E-state index contributed by atoms with van der Waals surface area (Å²) in [5.74, 6) is 1.36. The predicted molar refractivity (Wildman–Crippen MR) is 86.5 cm³/mol. The third kappa shape index (κ3) is 2.33. The van der Waals surface area contributed by atoms with E-state index in [4.69, 9.17) is 11.6 Å². The Balaban J connectivity index is 1.61. The number of H-pyrrole nitrogens is 1. The minimum Gasteiger partial charge on any atom is -0.278 e. The Morgan fingerprint density at radius 2 is 1.95 bits per heavy atom. The van der Waals surface area contributed by atoms with E-state index in [0.717, 1.165) is 28.8 Å². The van der Waals surface area contributed by atoms with E-state index in [9.17, 15) is 8.42 Å². The first-order valence-electron chi connectivity index (χ1n) is 7.49. The van der Waals surface area contributed by atoms with Gasteiger partial charge in [0, 0.05) is 23.5 Å². The van der Waals surface area contributed by atoms with Gasteiger partial charge >= 0.3 is 0 Å². The van der Waals surface area contributed by atoms with Crippen molar-refractivity contribution in [2.24, 2.45) is 11.8 Å². The second-order valence-corrected chi connectivity index (χ2v) is 9.01. The van der Waals surface area contributed by atoms with Crippen LogP contribution < -0.4 is 0 Å². The lowest BCUT2D eigenvalue weighted by Gasteiger charge is -2.17. The van der Waals surface area contributed by atoms with E-state index in [1.807, 2.05) is 18.3 Å². The van der Waals surface area contributed by atoms with E-state index in [2.05, 4.69) is 10.2 Å². The Kier molecular flexibility index (Phi) is 3.25. The standard InChI is InChI=1S/C15H18ClN3O2S/c1-22(20,21)19-7-10-2-9(3-11(10)8-19)13-4-12(16)5-15-14(13)6-17-18-15/h4-6,9-11H,2-3,7-8H2,1H3,(H,17,18)/t9?,10-,11+. The molecule has 1 aliphatic carbocycles. The van der Waals surface area contributed by atoms with Gasteiger partial charge in [-0.2, -0.15) is 5.10 Å². The van der Waals surface area contributed by atoms with Crippen LogP contribution in [0.3, 0.4) is 0 Å². The van der Waals surface area contributed by atoms with Gasteiger partial charge < -0.3 is 0 Å². The van der Waals surface area contributed by atoms with Crippen LogP contribution in [0.4, 0.5) is 0 Å². The fourth-order valence-corrected chi connectivity index (χ4v) is 5.31. The largest absolute Gasteiger partial charge is 0.278 e. The highest BCUT2D eigenvalue weighted by Gasteiger charge is 2.44. The lowest BCUT2D eigenvalue weighted by molar-refractivity contribution is 0.441. The second kappa shape index (κ2) is 4.94. The molecule has 2 heterocycles. The van der Waals surface area contributed by atoms with E-state index in [-0.39, 0.29) is 0 Å². The molecule has 3 atom stereocenters. The molecule has 1 unspecified atom stereocenters. The smallest absolute Gasteiger partial charge is 0.211 e. The molecule has 0 amide bonds. The van der Waals surface area contributed by atoms with Crippen LogP contribution >= 0.6 is 11.6 Å². The Hall–Kier alpha value is -1.11. The van der Waals surface area contributed by atoms with Gasteiger partial charge in [-0.3, -0.25) is 5.10 Å². The zero-order valence-corrected chi connectivity index (χ0v) is 13.9. The van der Waals surface area contributed by atoms with Gasteiger partial charge in [0.2, 0.25) is 10.0 Å². The van der Waals surface area contributed by atoms with E-state index >= 15 is 0 Å². The maximum absolute atomic E-state index is 11.7. The van der Waals surface area contributed by atoms with Gasteiger partial charge in [-0.15, -0.1) is 0 Å². The minimum atomic E-state index is -3.06. The second-order valence-electron chi connectivity index (χ2n) is 6.59. The van der Waals surface area contributed by atoms with E-state index < -0.39 is 10.0 Å². The molecule has 5 nitrogen and oxygen atoms in total. The molecule has 1 aromatic heterocycles. The summed E-state index contributed by atoms with van der Waals surface area (Å²) in [4.78, 5) is 0. The van der Waals surface area contributed by atoms with Gasteiger partial charge in [-0.05, 0) is 48.3 Å². The van der Waals surface area contributed by atoms with Crippen LogP contribution in [0.25, 0.3) is 10.9 Å². The topological polar surface area (TPSA) is 66.1 Å². The van der Waals surface area contributed by atoms with Crippen molar-refractivity contribution in [2.45, 2.75) is 18.8 Å². The molecule has 2 aromatic rings. The van der Waals surface area contributed by atoms with Crippen molar-refractivity contribution in [1.82, 2.24) is 14.5 Å². The number of benzene rings is 1. The number of sulfonamides is 1. The molecule has 1 saturated heterocycles. The van der Waals surface area contributed by atoms with Gasteiger partial charge in [0.1, 0.15) is 0 Å². The molecule has 1 N–H and O–H groups in total. The van der Waals surface area contributed by atoms with Gasteiger partial charge in [0.15, 0.2) is 0 Å². The number of fused-ring (bicyclic) bond motifs is 2. The number of aromatic amines is 1. The number of aromatic nitrogens is 2. The number of nitrogens with one attached hydrogen (secondary N) is 1. The van der Waals surface area contributed by atoms with Crippen LogP contribution in [-0.2, 0) is 10.0 Å². The monoisotopic (exact) mass is 339 g/mol. The number of rotatable bonds is 2. The number of halogens is 1. The first-order chi connectivity index (χ1) is 10.4. The van der Waals surface area contributed by atoms with Gasteiger partial charge in [-0.25, -0.2) is 12.7 Å². The molecule has 2 aliphatic rings. The Bertz CT molecular complexity index is 818. The van der Waals surface area contributed by atoms with Crippen LogP contribution in [0.15, 0.2) is 18.3 Å². The minimum absolute atomic E-state index is 0.440. The van der Waals surface area contributed by atoms with Crippen molar-refractivity contribution in [3.05, 3.63) is 28.9 Å². The first kappa shape index (κ1) is 14.5. The van der Waals surface area contributed by atoms with Crippen LogP contribution in [-0.4, -0.2) is 42.3 Å². The van der Waals surface area contributed by atoms with Crippen molar-refractivity contribution in [2.75, 3.05) is 19.3 Å². The summed E-state index contributed by atoms with van der Waals surface area (Å²) in [6, 6.07) is 3.94. The average molecular weight is 340 g/mol. The highest BCUT2D eigenvalue weighted by atomic mass is 35.5. The van der Waals surface area contributed by atoms with Crippen LogP contribution in [0.2, 0.25) is 5.02 Å². The van der Waals surface area contributed by atoms with Crippen molar-refractivity contribution < 1.29 is 8.42 Å². The fraction of sp³-hybridized carbons (Fsp3) is 0.533. The molecule has 1 aliphatic heterocycles. The summed E-state index contributed by atoms with van der Waals surface area (Å²) in [6.07, 6.45) is 5.21. The van der Waals surface area contributed by atoms with Gasteiger partial charge in [0.25, 0.3) is 0 Å². The van der Waals surface area contributed by atoms with Crippen LogP contribution in [0.5, 0.6) is 0 Å². The number of hydrogen-bond donors (Lipinski definition) is 1. The maximum Gasteiger partial charge on any atom is 0.211 e. The SMILES string of the molecule is CS(=O)(=O)N1C[C@H]2CC(c3cc(Cl)cc4[nH]ncc34)C[C@H]2C1. The van der Waals surface area contributed by atoms with Gasteiger partial charge in [-0.1, -0.05) is 11.6 Å². The molecule has 0 spiro atoms. The van der Waals surface area contributed by atoms with Gasteiger partial charge in [0.05, 0.1) is 18.0 Å². The summed E-state index contributed by atoms with van der Waals surface area (Å²) in [5.41, 5.74) is 2.22. The fourth-order valence-electron chi connectivity index (χ4n) is 4.16. The zero-order valence-electron chi connectivity index (χ0n) is 12.3. The molecule has 1 saturated carbocycles. The lowest BCUT2D eigenvalue weighted by Crippen LogP contribution is -2.28. The molecule has 4 rings (SSSR count). The third-order valence-electron chi connectivity index (χ3n) is 5.18. The zero-order chi connectivity index (χ0) is 15.5. The van der Waals surface area contributed by atoms with Crippen molar-refractivity contribution in [3.63, 3.8) is 0 Å². The molecule has 22 heavy (non-hydrogen) atoms. The Morgan fingerprint density at radius 1 is 1.27 bits per heavy atom. The highest BCUT2D eigenvalue weighted by molar-refractivity contribution is 7.88. The summed E-state index contributed by atoms with van der Waals surface area (Å²) >= 11 is 6.23. The quantitative estimate of drug-likeness (QED) is 0.914. The third-order valence-corrected chi connectivity index (χ3v) is 6.64. The maximum atomic E-state index is 11.7. The van der Waals surface area contributed by atoms with Crippen LogP contribution in [0.1, 0.15) is 24.3 Å². The van der Waals surface area contributed by atoms with E-state index in [1.165, 1.54) is 11.8 Å². The molecular formula is C15H18ClN3O2S. The summed E-state index contributed by atoms with van der Waals surface area (Å²) < 4.78 is 25.0. The predicted octanol–water partition coefficient (Wildman–Crippen LogP) is 2.60. The number of nitrogens with zero attached hydrogens (tertiary/aromatic N) is 2. The number of hydrogen-bond acceptors (Lipinski definition) is 3. The van der Waals surface area contributed by atoms with Crippen molar-refractivity contribution >= 4 is 32.5 Å². The van der Waals surface area contributed by atoms with Crippen LogP contribution in [0, 0.1) is 11.8 Å². The molecule has 118 valence electrons. The summed E-state index contributed by atoms with van der Waals surface area (Å²) in [5, 5.41) is 8.96. The van der Waals surface area contributed by atoms with E-state index in [1.54, 1.807) is 4.31 Å². The normalized spacial score (nSPS) is 29.3. The summed E-state index contributed by atoms with van der Waals surface area (Å²) in [7, 11) is -3.06. The summed E-state index contributed by atoms with van der Waals surface area (Å²) in [6.45, 7) is 1.32. The molecule has 1 aromatic carbocycles. The Morgan fingerprint density at radius 3 is 2.59 bits per heavy atom. The highest BCUT2D eigenvalue weighted by Crippen LogP contribution is 2.48. The lowest BCUT2D eigenvalue weighted by atomic mass is 9.93. The molecular weight excluding hydrogens is 322 g/mol. The Labute approximate surface area is 134 Å². The molecule has 7 heteroatoms. The first-order valence-corrected chi connectivity index (χ1v) is 9.72. The van der Waals surface area contributed by atoms with Crippen molar-refractivity contribution in [1.29, 1.82) is 0 Å². The molecule has 0 radical (unpaired) electrons. The molecule has 2 fully saturated rings.